The van der Waals surface area contributed by atoms with E-state index < -0.39 is 35.6 Å². The second kappa shape index (κ2) is 11.1. The number of carbonyl (C=O) groups is 4. The number of allylic oxidation sites excluding steroid dienone is 2. The maximum atomic E-state index is 13.1. The van der Waals surface area contributed by atoms with E-state index in [4.69, 9.17) is 9.47 Å². The van der Waals surface area contributed by atoms with Crippen LogP contribution >= 0.6 is 0 Å². The first kappa shape index (κ1) is 23.6. The van der Waals surface area contributed by atoms with Crippen molar-refractivity contribution in [2.45, 2.75) is 51.0 Å². The Labute approximate surface area is 193 Å². The van der Waals surface area contributed by atoms with E-state index in [0.29, 0.717) is 32.1 Å². The van der Waals surface area contributed by atoms with E-state index in [0.717, 1.165) is 23.8 Å². The smallest absolute Gasteiger partial charge is 0.249 e. The van der Waals surface area contributed by atoms with Gasteiger partial charge in [-0.1, -0.05) is 37.8 Å². The Hall–Kier alpha value is -2.52. The fraction of sp³-hybridized carbons (Fsp3) is 0.667. The molecule has 0 aromatic heterocycles. The molecule has 2 N–H and O–H groups in total. The average molecular weight is 460 g/mol. The van der Waals surface area contributed by atoms with E-state index in [9.17, 15) is 19.2 Å². The van der Waals surface area contributed by atoms with Crippen LogP contribution in [0.25, 0.3) is 0 Å². The monoisotopic (exact) mass is 459 g/mol. The number of piperidine rings is 1. The highest BCUT2D eigenvalue weighted by Crippen LogP contribution is 2.36. The Bertz CT molecular complexity index is 832. The summed E-state index contributed by atoms with van der Waals surface area (Å²) in [6.45, 7) is 2.80. The Morgan fingerprint density at radius 1 is 0.970 bits per heavy atom. The van der Waals surface area contributed by atoms with Crippen molar-refractivity contribution in [3.8, 4) is 0 Å². The first-order valence-corrected chi connectivity index (χ1v) is 12.0. The molecule has 0 bridgehead atoms. The van der Waals surface area contributed by atoms with Crippen molar-refractivity contribution >= 4 is 23.6 Å². The van der Waals surface area contributed by atoms with Crippen LogP contribution in [0.3, 0.4) is 0 Å². The largest absolute Gasteiger partial charge is 0.385 e. The number of likely N-dealkylation sites (tertiary alicyclic amines) is 1. The van der Waals surface area contributed by atoms with Gasteiger partial charge in [0.25, 0.3) is 0 Å². The van der Waals surface area contributed by atoms with Crippen molar-refractivity contribution in [3.05, 3.63) is 23.9 Å². The highest BCUT2D eigenvalue weighted by atomic mass is 16.5. The molecule has 0 spiro atoms. The molecule has 2 aliphatic carbocycles. The van der Waals surface area contributed by atoms with E-state index >= 15 is 0 Å². The lowest BCUT2D eigenvalue weighted by molar-refractivity contribution is -0.151. The first-order valence-electron chi connectivity index (χ1n) is 12.0. The van der Waals surface area contributed by atoms with Gasteiger partial charge < -0.3 is 14.8 Å². The highest BCUT2D eigenvalue weighted by Gasteiger charge is 2.53. The number of ether oxygens (including phenoxy) is 2. The van der Waals surface area contributed by atoms with Gasteiger partial charge in [-0.05, 0) is 24.8 Å². The summed E-state index contributed by atoms with van der Waals surface area (Å²) in [7, 11) is 0. The zero-order chi connectivity index (χ0) is 23.2. The van der Waals surface area contributed by atoms with Crippen LogP contribution in [0.4, 0.5) is 0 Å². The maximum Gasteiger partial charge on any atom is 0.249 e. The van der Waals surface area contributed by atoms with Gasteiger partial charge in [-0.25, -0.2) is 0 Å². The summed E-state index contributed by atoms with van der Waals surface area (Å²) in [6, 6.07) is -0.931. The second-order valence-electron chi connectivity index (χ2n) is 9.11. The van der Waals surface area contributed by atoms with Gasteiger partial charge in [0.1, 0.15) is 6.04 Å². The van der Waals surface area contributed by atoms with Crippen molar-refractivity contribution in [1.82, 2.24) is 15.5 Å². The molecule has 3 atom stereocenters. The molecule has 2 aliphatic heterocycles. The molecule has 33 heavy (non-hydrogen) atoms. The number of nitrogens with zero attached hydrogens (tertiary/aromatic N) is 1. The Balaban J connectivity index is 1.18. The quantitative estimate of drug-likeness (QED) is 0.351. The van der Waals surface area contributed by atoms with Gasteiger partial charge in [0.15, 0.2) is 0 Å². The summed E-state index contributed by atoms with van der Waals surface area (Å²) in [4.78, 5) is 50.7. The average Bonchev–Trinajstić information content (AvgIpc) is 3.40. The lowest BCUT2D eigenvalue weighted by Crippen LogP contribution is -2.54. The number of hydrogen-bond acceptors (Lipinski definition) is 7. The molecule has 1 saturated carbocycles. The molecule has 2 heterocycles. The van der Waals surface area contributed by atoms with Crippen molar-refractivity contribution in [3.63, 3.8) is 0 Å². The summed E-state index contributed by atoms with van der Waals surface area (Å²) in [6.07, 6.45) is 12.0. The minimum absolute atomic E-state index is 0.112. The predicted octanol–water partition coefficient (Wildman–Crippen LogP) is 1.05. The number of amides is 4. The third-order valence-corrected chi connectivity index (χ3v) is 6.93. The second-order valence-corrected chi connectivity index (χ2v) is 9.11. The normalized spacial score (nSPS) is 27.7. The zero-order valence-electron chi connectivity index (χ0n) is 18.9. The van der Waals surface area contributed by atoms with Gasteiger partial charge in [-0.2, -0.15) is 0 Å². The predicted molar refractivity (Wildman–Crippen MR) is 118 cm³/mol. The third kappa shape index (κ3) is 5.52. The van der Waals surface area contributed by atoms with Crippen LogP contribution in [0, 0.1) is 17.8 Å². The summed E-state index contributed by atoms with van der Waals surface area (Å²) >= 11 is 0. The number of carbonyl (C=O) groups excluding carboxylic acids is 4. The van der Waals surface area contributed by atoms with Crippen molar-refractivity contribution in [2.24, 2.45) is 17.8 Å². The van der Waals surface area contributed by atoms with E-state index in [2.05, 4.69) is 10.6 Å². The van der Waals surface area contributed by atoms with Gasteiger partial charge in [-0.3, -0.25) is 29.4 Å². The number of hydrogen-bond donors (Lipinski definition) is 2. The summed E-state index contributed by atoms with van der Waals surface area (Å²) in [5, 5.41) is 5.44. The number of rotatable bonds is 11. The van der Waals surface area contributed by atoms with Crippen LogP contribution in [0.5, 0.6) is 0 Å². The lowest BCUT2D eigenvalue weighted by Gasteiger charge is -2.28. The summed E-state index contributed by atoms with van der Waals surface area (Å²) < 4.78 is 11.3. The van der Waals surface area contributed by atoms with Crippen LogP contribution in [-0.2, 0) is 28.7 Å². The topological polar surface area (TPSA) is 114 Å². The fourth-order valence-corrected chi connectivity index (χ4v) is 5.16. The molecule has 4 rings (SSSR count). The van der Waals surface area contributed by atoms with E-state index in [1.54, 1.807) is 18.2 Å². The molecule has 2 saturated heterocycles. The number of imide groups is 2. The first-order chi connectivity index (χ1) is 16.1. The van der Waals surface area contributed by atoms with Crippen molar-refractivity contribution in [1.29, 1.82) is 0 Å². The molecule has 4 aliphatic rings. The summed E-state index contributed by atoms with van der Waals surface area (Å²) in [5.74, 6) is -2.25. The van der Waals surface area contributed by atoms with Gasteiger partial charge in [0.2, 0.25) is 23.6 Å². The molecule has 0 aromatic rings. The third-order valence-electron chi connectivity index (χ3n) is 6.93. The Kier molecular flexibility index (Phi) is 7.93. The van der Waals surface area contributed by atoms with Crippen LogP contribution in [0.15, 0.2) is 23.9 Å². The van der Waals surface area contributed by atoms with Crippen LogP contribution in [0.1, 0.15) is 44.9 Å². The van der Waals surface area contributed by atoms with Crippen LogP contribution in [0.2, 0.25) is 0 Å². The van der Waals surface area contributed by atoms with E-state index in [1.807, 2.05) is 0 Å². The highest BCUT2D eigenvalue weighted by molar-refractivity contribution is 6.12. The summed E-state index contributed by atoms with van der Waals surface area (Å²) in [5.41, 5.74) is 0.645. The zero-order valence-corrected chi connectivity index (χ0v) is 18.9. The molecule has 0 radical (unpaired) electrons. The molecular formula is C24H33N3O6. The molecule has 9 nitrogen and oxygen atoms in total. The van der Waals surface area contributed by atoms with Crippen molar-refractivity contribution < 1.29 is 28.7 Å². The van der Waals surface area contributed by atoms with Crippen molar-refractivity contribution in [2.75, 3.05) is 33.0 Å². The molecule has 180 valence electrons. The molecule has 0 aromatic carbocycles. The SMILES string of the molecule is O=C1CCC(N2C(=O)C3C=CC=C(NCCOCCOCCC4CCCC4)C3C2=O)C(=O)N1. The van der Waals surface area contributed by atoms with Gasteiger partial charge in [-0.15, -0.1) is 0 Å². The minimum Gasteiger partial charge on any atom is -0.385 e. The molecule has 4 amide bonds. The minimum atomic E-state index is -0.931. The van der Waals surface area contributed by atoms with E-state index in [1.165, 1.54) is 25.7 Å². The van der Waals surface area contributed by atoms with Gasteiger partial charge in [0.05, 0.1) is 31.7 Å². The molecular weight excluding hydrogens is 426 g/mol. The van der Waals surface area contributed by atoms with E-state index in [-0.39, 0.29) is 18.7 Å². The van der Waals surface area contributed by atoms with Gasteiger partial charge in [0, 0.05) is 25.3 Å². The lowest BCUT2D eigenvalue weighted by atomic mass is 9.88. The van der Waals surface area contributed by atoms with Crippen LogP contribution < -0.4 is 10.6 Å². The molecule has 3 fully saturated rings. The maximum absolute atomic E-state index is 13.1. The number of nitrogens with one attached hydrogen (secondary N) is 2. The van der Waals surface area contributed by atoms with Gasteiger partial charge >= 0.3 is 0 Å². The Morgan fingerprint density at radius 3 is 2.48 bits per heavy atom. The number of fused-ring (bicyclic) bond motifs is 1. The molecule has 9 heteroatoms. The standard InChI is InChI=1S/C24H33N3O6/c28-20-9-8-19(22(29)26-20)27-23(30)17-6-3-7-18(21(17)24(27)31)25-11-13-33-15-14-32-12-10-16-4-1-2-5-16/h3,6-7,16-17,19,21,25H,1-2,4-5,8-15H2,(H,26,28,29). The fourth-order valence-electron chi connectivity index (χ4n) is 5.16. The van der Waals surface area contributed by atoms with Crippen LogP contribution in [-0.4, -0.2) is 67.5 Å². The Morgan fingerprint density at radius 2 is 1.73 bits per heavy atom. The molecule has 3 unspecified atom stereocenters.